The summed E-state index contributed by atoms with van der Waals surface area (Å²) in [6.07, 6.45) is 0. The van der Waals surface area contributed by atoms with E-state index in [-0.39, 0.29) is 0 Å². The predicted molar refractivity (Wildman–Crippen MR) is 34.0 cm³/mol. The summed E-state index contributed by atoms with van der Waals surface area (Å²) in [5.41, 5.74) is 1.88. The lowest BCUT2D eigenvalue weighted by atomic mass is 10.7. The van der Waals surface area contributed by atoms with Crippen LogP contribution in [0.2, 0.25) is 0 Å². The second-order valence-corrected chi connectivity index (χ2v) is 1.56. The van der Waals surface area contributed by atoms with Crippen molar-refractivity contribution in [2.24, 2.45) is 0 Å². The first-order valence-corrected chi connectivity index (χ1v) is 2.88. The molecule has 0 aliphatic rings. The van der Waals surface area contributed by atoms with Gasteiger partial charge in [0.1, 0.15) is 0 Å². The summed E-state index contributed by atoms with van der Waals surface area (Å²) in [6.45, 7) is 3.45. The standard InChI is InChI=1S/C5H10N2O3/c1-3-6-5(9)7-10-4(2)8/h3H2,1-2H3,(H2,6,7,9). The van der Waals surface area contributed by atoms with Crippen LogP contribution in [0.3, 0.4) is 0 Å². The van der Waals surface area contributed by atoms with Crippen LogP contribution in [0.4, 0.5) is 4.79 Å². The highest BCUT2D eigenvalue weighted by Gasteiger charge is 1.97. The molecule has 0 saturated carbocycles. The summed E-state index contributed by atoms with van der Waals surface area (Å²) in [4.78, 5) is 24.7. The number of amides is 2. The number of carbonyl (C=O) groups is 2. The van der Waals surface area contributed by atoms with E-state index in [1.165, 1.54) is 6.92 Å². The number of urea groups is 1. The molecule has 0 aliphatic heterocycles. The molecule has 0 unspecified atom stereocenters. The highest BCUT2D eigenvalue weighted by Crippen LogP contribution is 1.68. The molecule has 5 heteroatoms. The molecule has 2 N–H and O–H groups in total. The van der Waals surface area contributed by atoms with Crippen molar-refractivity contribution in [3.63, 3.8) is 0 Å². The zero-order valence-electron chi connectivity index (χ0n) is 5.93. The van der Waals surface area contributed by atoms with Gasteiger partial charge in [0.05, 0.1) is 0 Å². The molecule has 0 bridgehead atoms. The van der Waals surface area contributed by atoms with E-state index in [4.69, 9.17) is 0 Å². The van der Waals surface area contributed by atoms with Crippen LogP contribution in [0, 0.1) is 0 Å². The molecule has 0 fully saturated rings. The fourth-order valence-corrected chi connectivity index (χ4v) is 0.315. The average molecular weight is 146 g/mol. The van der Waals surface area contributed by atoms with Gasteiger partial charge in [-0.1, -0.05) is 0 Å². The topological polar surface area (TPSA) is 67.4 Å². The van der Waals surface area contributed by atoms with Crippen LogP contribution in [0.1, 0.15) is 13.8 Å². The zero-order chi connectivity index (χ0) is 7.98. The Morgan fingerprint density at radius 2 is 2.10 bits per heavy atom. The molecule has 2 amide bonds. The fourth-order valence-electron chi connectivity index (χ4n) is 0.315. The monoisotopic (exact) mass is 146 g/mol. The first-order valence-electron chi connectivity index (χ1n) is 2.88. The third-order valence-corrected chi connectivity index (χ3v) is 0.625. The molecular formula is C5H10N2O3. The number of nitrogens with one attached hydrogen (secondary N) is 2. The summed E-state index contributed by atoms with van der Waals surface area (Å²) < 4.78 is 0. The minimum Gasteiger partial charge on any atom is -0.340 e. The highest BCUT2D eigenvalue weighted by atomic mass is 16.7. The summed E-state index contributed by atoms with van der Waals surface area (Å²) in [6, 6.07) is -0.516. The largest absolute Gasteiger partial charge is 0.348 e. The van der Waals surface area contributed by atoms with Crippen molar-refractivity contribution in [1.29, 1.82) is 0 Å². The maximum atomic E-state index is 10.4. The van der Waals surface area contributed by atoms with Crippen LogP contribution in [-0.2, 0) is 9.63 Å². The van der Waals surface area contributed by atoms with Gasteiger partial charge >= 0.3 is 12.0 Å². The molecule has 10 heavy (non-hydrogen) atoms. The number of rotatable bonds is 1. The van der Waals surface area contributed by atoms with Gasteiger partial charge in [0.2, 0.25) is 0 Å². The van der Waals surface area contributed by atoms with Crippen molar-refractivity contribution in [2.45, 2.75) is 13.8 Å². The Morgan fingerprint density at radius 3 is 2.50 bits per heavy atom. The molecule has 0 aromatic heterocycles. The number of hydrogen-bond acceptors (Lipinski definition) is 3. The van der Waals surface area contributed by atoms with Gasteiger partial charge in [-0.2, -0.15) is 5.48 Å². The van der Waals surface area contributed by atoms with Crippen molar-refractivity contribution >= 4 is 12.0 Å². The van der Waals surface area contributed by atoms with Gasteiger partial charge in [0.25, 0.3) is 0 Å². The van der Waals surface area contributed by atoms with Gasteiger partial charge in [0, 0.05) is 13.5 Å². The second-order valence-electron chi connectivity index (χ2n) is 1.56. The second kappa shape index (κ2) is 4.60. The van der Waals surface area contributed by atoms with Crippen molar-refractivity contribution in [3.05, 3.63) is 0 Å². The summed E-state index contributed by atoms with van der Waals surface area (Å²) >= 11 is 0. The van der Waals surface area contributed by atoms with Crippen LogP contribution in [0.25, 0.3) is 0 Å². The Bertz CT molecular complexity index is 135. The lowest BCUT2D eigenvalue weighted by Gasteiger charge is -2.02. The van der Waals surface area contributed by atoms with E-state index in [0.717, 1.165) is 0 Å². The number of carbonyl (C=O) groups excluding carboxylic acids is 2. The molecule has 0 aromatic rings. The predicted octanol–water partition coefficient (Wildman–Crippen LogP) is -0.216. The summed E-state index contributed by atoms with van der Waals surface area (Å²) in [5, 5.41) is 2.37. The van der Waals surface area contributed by atoms with Gasteiger partial charge in [-0.05, 0) is 6.92 Å². The van der Waals surface area contributed by atoms with Gasteiger partial charge in [0.15, 0.2) is 0 Å². The first-order chi connectivity index (χ1) is 4.66. The molecule has 0 heterocycles. The van der Waals surface area contributed by atoms with Gasteiger partial charge < -0.3 is 10.2 Å². The Kier molecular flexibility index (Phi) is 4.02. The minimum absolute atomic E-state index is 0.493. The van der Waals surface area contributed by atoms with Gasteiger partial charge in [-0.15, -0.1) is 0 Å². The Morgan fingerprint density at radius 1 is 1.50 bits per heavy atom. The molecule has 0 atom stereocenters. The van der Waals surface area contributed by atoms with E-state index < -0.39 is 12.0 Å². The van der Waals surface area contributed by atoms with Crippen molar-refractivity contribution in [3.8, 4) is 0 Å². The van der Waals surface area contributed by atoms with Crippen LogP contribution in [0.5, 0.6) is 0 Å². The third-order valence-electron chi connectivity index (χ3n) is 0.625. The normalized spacial score (nSPS) is 8.20. The van der Waals surface area contributed by atoms with E-state index in [2.05, 4.69) is 10.2 Å². The molecule has 0 radical (unpaired) electrons. The van der Waals surface area contributed by atoms with Crippen molar-refractivity contribution in [2.75, 3.05) is 6.54 Å². The lowest BCUT2D eigenvalue weighted by molar-refractivity contribution is -0.145. The molecule has 58 valence electrons. The zero-order valence-corrected chi connectivity index (χ0v) is 5.93. The minimum atomic E-state index is -0.550. The Balaban J connectivity index is 3.30. The van der Waals surface area contributed by atoms with E-state index in [9.17, 15) is 9.59 Å². The third kappa shape index (κ3) is 4.89. The number of hydroxylamine groups is 1. The highest BCUT2D eigenvalue weighted by molar-refractivity contribution is 5.75. The average Bonchev–Trinajstić information content (AvgIpc) is 1.85. The molecule has 0 aliphatic carbocycles. The van der Waals surface area contributed by atoms with E-state index >= 15 is 0 Å². The van der Waals surface area contributed by atoms with Crippen LogP contribution < -0.4 is 10.8 Å². The molecule has 0 spiro atoms. The van der Waals surface area contributed by atoms with Gasteiger partial charge in [-0.25, -0.2) is 4.79 Å². The smallest absolute Gasteiger partial charge is 0.340 e. The maximum Gasteiger partial charge on any atom is 0.348 e. The Hall–Kier alpha value is -1.26. The van der Waals surface area contributed by atoms with Crippen molar-refractivity contribution < 1.29 is 14.4 Å². The summed E-state index contributed by atoms with van der Waals surface area (Å²) in [5.74, 6) is -0.550. The van der Waals surface area contributed by atoms with Gasteiger partial charge in [-0.3, -0.25) is 4.79 Å². The van der Waals surface area contributed by atoms with E-state index in [1.54, 1.807) is 6.92 Å². The first kappa shape index (κ1) is 8.74. The lowest BCUT2D eigenvalue weighted by Crippen LogP contribution is -2.36. The van der Waals surface area contributed by atoms with Crippen LogP contribution >= 0.6 is 0 Å². The Labute approximate surface area is 58.7 Å². The quantitative estimate of drug-likeness (QED) is 0.503. The van der Waals surface area contributed by atoms with E-state index in [0.29, 0.717) is 6.54 Å². The molecular weight excluding hydrogens is 136 g/mol. The summed E-state index contributed by atoms with van der Waals surface area (Å²) in [7, 11) is 0. The maximum absolute atomic E-state index is 10.4. The van der Waals surface area contributed by atoms with Crippen LogP contribution in [-0.4, -0.2) is 18.5 Å². The van der Waals surface area contributed by atoms with E-state index in [1.807, 2.05) is 5.48 Å². The molecule has 0 rings (SSSR count). The molecule has 0 aromatic carbocycles. The molecule has 0 saturated heterocycles. The number of hydrogen-bond donors (Lipinski definition) is 2. The SMILES string of the molecule is CCNC(=O)NOC(C)=O. The fraction of sp³-hybridized carbons (Fsp3) is 0.600. The van der Waals surface area contributed by atoms with Crippen LogP contribution in [0.15, 0.2) is 0 Å². The molecule has 5 nitrogen and oxygen atoms in total. The van der Waals surface area contributed by atoms with Crippen molar-refractivity contribution in [1.82, 2.24) is 10.8 Å².